The van der Waals surface area contributed by atoms with Crippen molar-refractivity contribution in [2.75, 3.05) is 7.11 Å². The van der Waals surface area contributed by atoms with E-state index < -0.39 is 40.4 Å². The maximum atomic E-state index is 11.3. The van der Waals surface area contributed by atoms with Crippen LogP contribution in [0.15, 0.2) is 24.3 Å². The van der Waals surface area contributed by atoms with Crippen LogP contribution in [-0.2, 0) is 26.4 Å². The Morgan fingerprint density at radius 3 is 1.59 bits per heavy atom. The van der Waals surface area contributed by atoms with Crippen LogP contribution in [0.4, 0.5) is 0 Å². The van der Waals surface area contributed by atoms with Gasteiger partial charge in [-0.15, -0.1) is 0 Å². The Kier molecular flexibility index (Phi) is 6.78. The Labute approximate surface area is 135 Å². The Bertz CT molecular complexity index is 512. The molecule has 120 valence electrons. The van der Waals surface area contributed by atoms with Crippen LogP contribution in [0.1, 0.15) is 26.3 Å². The van der Waals surface area contributed by atoms with Gasteiger partial charge >= 0.3 is 135 Å². The van der Waals surface area contributed by atoms with Gasteiger partial charge in [-0.05, 0) is 0 Å². The van der Waals surface area contributed by atoms with Crippen molar-refractivity contribution in [3.63, 3.8) is 0 Å². The van der Waals surface area contributed by atoms with E-state index in [-0.39, 0.29) is 3.98 Å². The minimum absolute atomic E-state index is 0.0791. The van der Waals surface area contributed by atoms with Crippen LogP contribution in [-0.4, -0.2) is 47.5 Å². The number of carbonyl (C=O) groups excluding carboxylic acids is 3. The minimum atomic E-state index is -4.87. The Balaban J connectivity index is 3.10. The second-order valence-corrected chi connectivity index (χ2v) is 13.6. The van der Waals surface area contributed by atoms with Crippen molar-refractivity contribution in [1.29, 1.82) is 0 Å². The molecule has 0 aliphatic carbocycles. The van der Waals surface area contributed by atoms with Crippen LogP contribution in [0, 0.1) is 0 Å². The van der Waals surface area contributed by atoms with Gasteiger partial charge in [0.2, 0.25) is 0 Å². The molecule has 0 fully saturated rings. The number of hydrogen-bond donors (Lipinski definition) is 0. The molecule has 0 amide bonds. The molecule has 0 heterocycles. The second-order valence-electron chi connectivity index (χ2n) is 4.49. The van der Waals surface area contributed by atoms with Gasteiger partial charge in [-0.2, -0.15) is 0 Å². The molecular formula is C14H18O7Pb. The molecule has 8 heteroatoms. The van der Waals surface area contributed by atoms with E-state index >= 15 is 0 Å². The summed E-state index contributed by atoms with van der Waals surface area (Å²) in [7, 11) is 1.54. The topological polar surface area (TPSA) is 88.1 Å². The molecule has 0 aliphatic rings. The van der Waals surface area contributed by atoms with Crippen LogP contribution in [0.25, 0.3) is 0 Å². The van der Waals surface area contributed by atoms with E-state index in [1.165, 1.54) is 27.9 Å². The predicted octanol–water partition coefficient (Wildman–Crippen LogP) is 1.41. The van der Waals surface area contributed by atoms with Crippen LogP contribution in [0.3, 0.4) is 0 Å². The third kappa shape index (κ3) is 6.00. The molecule has 0 aromatic heterocycles. The summed E-state index contributed by atoms with van der Waals surface area (Å²) in [5.41, 5.74) is 0.714. The van der Waals surface area contributed by atoms with Gasteiger partial charge < -0.3 is 0 Å². The molecule has 0 radical (unpaired) electrons. The van der Waals surface area contributed by atoms with E-state index in [2.05, 4.69) is 0 Å². The quantitative estimate of drug-likeness (QED) is 0.541. The summed E-state index contributed by atoms with van der Waals surface area (Å²) in [6.45, 7) is 3.53. The first-order chi connectivity index (χ1) is 10.3. The van der Waals surface area contributed by atoms with Crippen molar-refractivity contribution in [1.82, 2.24) is 0 Å². The fraction of sp³-hybridized carbons (Fsp3) is 0.357. The first-order valence-corrected chi connectivity index (χ1v) is 14.0. The van der Waals surface area contributed by atoms with Gasteiger partial charge in [0.25, 0.3) is 0 Å². The average Bonchev–Trinajstić information content (AvgIpc) is 2.36. The van der Waals surface area contributed by atoms with Crippen molar-refractivity contribution in [2.45, 2.75) is 24.8 Å². The number of benzene rings is 1. The molecule has 0 bridgehead atoms. The first kappa shape index (κ1) is 18.4. The molecular weight excluding hydrogens is 487 g/mol. The molecule has 0 N–H and O–H groups in total. The SMILES string of the molecule is COc1ccc([CH2][Pb]([O]C(C)=O)([O]C(C)=O)[O]C(C)=O)cc1. The van der Waals surface area contributed by atoms with Gasteiger partial charge in [0, 0.05) is 0 Å². The average molecular weight is 505 g/mol. The van der Waals surface area contributed by atoms with Gasteiger partial charge in [0.15, 0.2) is 0 Å². The van der Waals surface area contributed by atoms with Gasteiger partial charge in [0.05, 0.1) is 0 Å². The maximum absolute atomic E-state index is 11.3. The summed E-state index contributed by atoms with van der Waals surface area (Å²) in [5.74, 6) is -1.31. The molecule has 1 aromatic rings. The van der Waals surface area contributed by atoms with Crippen LogP contribution >= 0.6 is 0 Å². The van der Waals surface area contributed by atoms with E-state index in [0.717, 1.165) is 0 Å². The van der Waals surface area contributed by atoms with Crippen molar-refractivity contribution >= 4 is 40.4 Å². The molecule has 0 saturated heterocycles. The van der Waals surface area contributed by atoms with Crippen molar-refractivity contribution < 1.29 is 27.2 Å². The third-order valence-electron chi connectivity index (χ3n) is 2.48. The molecule has 0 spiro atoms. The van der Waals surface area contributed by atoms with Gasteiger partial charge in [-0.1, -0.05) is 0 Å². The Hall–Kier alpha value is -1.65. The summed E-state index contributed by atoms with van der Waals surface area (Å²) >= 11 is -4.87. The summed E-state index contributed by atoms with van der Waals surface area (Å²) < 4.78 is 20.7. The molecule has 0 saturated carbocycles. The zero-order chi connectivity index (χ0) is 16.8. The Morgan fingerprint density at radius 1 is 0.864 bits per heavy atom. The summed E-state index contributed by atoms with van der Waals surface area (Å²) in [6, 6.07) is 6.88. The molecule has 0 atom stereocenters. The van der Waals surface area contributed by atoms with Crippen LogP contribution in [0.5, 0.6) is 5.75 Å². The normalized spacial score (nSPS) is 10.5. The number of methoxy groups -OCH3 is 1. The molecule has 22 heavy (non-hydrogen) atoms. The fourth-order valence-corrected chi connectivity index (χ4v) is 11.1. The van der Waals surface area contributed by atoms with Crippen LogP contribution in [0.2, 0.25) is 0 Å². The van der Waals surface area contributed by atoms with Crippen molar-refractivity contribution in [3.8, 4) is 5.75 Å². The number of ether oxygens (including phenoxy) is 1. The molecule has 7 nitrogen and oxygen atoms in total. The monoisotopic (exact) mass is 506 g/mol. The third-order valence-corrected chi connectivity index (χ3v) is 12.7. The summed E-state index contributed by atoms with van der Waals surface area (Å²) in [4.78, 5) is 34.0. The van der Waals surface area contributed by atoms with E-state index in [9.17, 15) is 14.4 Å². The summed E-state index contributed by atoms with van der Waals surface area (Å²) in [5, 5.41) is 0. The van der Waals surface area contributed by atoms with Gasteiger partial charge in [-0.25, -0.2) is 0 Å². The zero-order valence-electron chi connectivity index (χ0n) is 12.9. The van der Waals surface area contributed by atoms with E-state index in [1.54, 1.807) is 24.3 Å². The number of hydrogen-bond acceptors (Lipinski definition) is 7. The standard InChI is InChI=1S/C8H9O.3C2H4O2.Pb/c1-7-3-5-8(9-2)6-4-7;3*1-2(3)4;/h3-6H,1H2,2H3;3*1H3,(H,3,4);/q;;;;+3/p-3. The summed E-state index contributed by atoms with van der Waals surface area (Å²) in [6.07, 6.45) is 0. The molecule has 0 unspecified atom stereocenters. The first-order valence-electron chi connectivity index (χ1n) is 6.48. The van der Waals surface area contributed by atoms with Gasteiger partial charge in [-0.3, -0.25) is 0 Å². The van der Waals surface area contributed by atoms with E-state index in [0.29, 0.717) is 11.3 Å². The van der Waals surface area contributed by atoms with E-state index in [1.807, 2.05) is 0 Å². The number of carbonyl (C=O) groups is 3. The molecule has 0 aliphatic heterocycles. The second kappa shape index (κ2) is 8.11. The fourth-order valence-electron chi connectivity index (χ4n) is 1.82. The van der Waals surface area contributed by atoms with Crippen molar-refractivity contribution in [3.05, 3.63) is 29.8 Å². The molecule has 1 aromatic carbocycles. The zero-order valence-corrected chi connectivity index (χ0v) is 16.8. The predicted molar refractivity (Wildman–Crippen MR) is 77.8 cm³/mol. The van der Waals surface area contributed by atoms with Gasteiger partial charge in [0.1, 0.15) is 0 Å². The van der Waals surface area contributed by atoms with Crippen molar-refractivity contribution in [2.24, 2.45) is 0 Å². The molecule has 1 rings (SSSR count). The Morgan fingerprint density at radius 2 is 1.27 bits per heavy atom. The van der Waals surface area contributed by atoms with E-state index in [4.69, 9.17) is 12.8 Å². The number of rotatable bonds is 6. The van der Waals surface area contributed by atoms with Crippen LogP contribution < -0.4 is 4.74 Å².